The monoisotopic (exact) mass is 272 g/mol. The molecule has 0 aliphatic carbocycles. The van der Waals surface area contributed by atoms with E-state index in [1.807, 2.05) is 11.0 Å². The van der Waals surface area contributed by atoms with Gasteiger partial charge < -0.3 is 15.5 Å². The predicted octanol–water partition coefficient (Wildman–Crippen LogP) is 0.170. The molecule has 0 aromatic carbocycles. The van der Waals surface area contributed by atoms with Gasteiger partial charge in [0.1, 0.15) is 5.69 Å². The summed E-state index contributed by atoms with van der Waals surface area (Å²) in [6, 6.07) is 3.54. The summed E-state index contributed by atoms with van der Waals surface area (Å²) in [6.45, 7) is 6.90. The van der Waals surface area contributed by atoms with Gasteiger partial charge in [-0.2, -0.15) is 0 Å². The predicted molar refractivity (Wildman–Crippen MR) is 78.2 cm³/mol. The van der Waals surface area contributed by atoms with E-state index >= 15 is 0 Å². The minimum absolute atomic E-state index is 0.000845. The van der Waals surface area contributed by atoms with Crippen LogP contribution in [0, 0.1) is 11.8 Å². The van der Waals surface area contributed by atoms with E-state index in [2.05, 4.69) is 28.6 Å². The van der Waals surface area contributed by atoms with E-state index in [0.29, 0.717) is 12.2 Å². The number of hydrogen-bond donors (Lipinski definition) is 1. The van der Waals surface area contributed by atoms with E-state index in [-0.39, 0.29) is 5.91 Å². The number of aromatic nitrogens is 1. The van der Waals surface area contributed by atoms with E-state index in [0.717, 1.165) is 38.3 Å². The summed E-state index contributed by atoms with van der Waals surface area (Å²) in [7, 11) is 0. The molecular weight excluding hydrogens is 252 g/mol. The van der Waals surface area contributed by atoms with Crippen molar-refractivity contribution in [1.82, 2.24) is 14.8 Å². The smallest absolute Gasteiger partial charge is 0.272 e. The van der Waals surface area contributed by atoms with Crippen LogP contribution in [0.1, 0.15) is 23.0 Å². The Balaban J connectivity index is 1.99. The number of carbonyl (C=O) groups excluding carboxylic acids is 1. The van der Waals surface area contributed by atoms with Crippen molar-refractivity contribution in [3.63, 3.8) is 0 Å². The van der Waals surface area contributed by atoms with Gasteiger partial charge in [-0.3, -0.25) is 4.79 Å². The molecule has 1 aromatic heterocycles. The average Bonchev–Trinajstić information content (AvgIpc) is 2.53. The van der Waals surface area contributed by atoms with Crippen LogP contribution < -0.4 is 5.73 Å². The van der Waals surface area contributed by atoms with Gasteiger partial charge in [-0.15, -0.1) is 0 Å². The Morgan fingerprint density at radius 1 is 1.35 bits per heavy atom. The highest BCUT2D eigenvalue weighted by Crippen LogP contribution is 2.07. The fourth-order valence-electron chi connectivity index (χ4n) is 2.18. The largest absolute Gasteiger partial charge is 0.335 e. The van der Waals surface area contributed by atoms with Gasteiger partial charge in [0.15, 0.2) is 0 Å². The Morgan fingerprint density at radius 2 is 2.10 bits per heavy atom. The van der Waals surface area contributed by atoms with Crippen LogP contribution in [0.15, 0.2) is 18.3 Å². The van der Waals surface area contributed by atoms with E-state index in [1.165, 1.54) is 0 Å². The average molecular weight is 272 g/mol. The first-order valence-corrected chi connectivity index (χ1v) is 6.91. The number of hydrogen-bond acceptors (Lipinski definition) is 4. The third-order valence-electron chi connectivity index (χ3n) is 3.42. The van der Waals surface area contributed by atoms with E-state index in [1.54, 1.807) is 12.3 Å². The van der Waals surface area contributed by atoms with Crippen molar-refractivity contribution in [3.05, 3.63) is 29.6 Å². The van der Waals surface area contributed by atoms with Crippen molar-refractivity contribution >= 4 is 5.91 Å². The number of nitrogens with zero attached hydrogens (tertiary/aromatic N) is 3. The summed E-state index contributed by atoms with van der Waals surface area (Å²) in [5, 5.41) is 0. The lowest BCUT2D eigenvalue weighted by Crippen LogP contribution is -2.48. The fourth-order valence-corrected chi connectivity index (χ4v) is 2.18. The van der Waals surface area contributed by atoms with Crippen LogP contribution >= 0.6 is 0 Å². The van der Waals surface area contributed by atoms with Crippen molar-refractivity contribution in [3.8, 4) is 11.8 Å². The quantitative estimate of drug-likeness (QED) is 0.780. The molecule has 0 unspecified atom stereocenters. The Kier molecular flexibility index (Phi) is 5.10. The van der Waals surface area contributed by atoms with Crippen molar-refractivity contribution in [2.75, 3.05) is 39.3 Å². The number of rotatable bonds is 2. The molecule has 1 fully saturated rings. The van der Waals surface area contributed by atoms with Gasteiger partial charge in [0.2, 0.25) is 0 Å². The molecule has 2 heterocycles. The van der Waals surface area contributed by atoms with Crippen molar-refractivity contribution < 1.29 is 4.79 Å². The van der Waals surface area contributed by atoms with Crippen molar-refractivity contribution in [2.24, 2.45) is 5.73 Å². The highest BCUT2D eigenvalue weighted by molar-refractivity contribution is 5.92. The molecule has 0 radical (unpaired) electrons. The molecule has 2 rings (SSSR count). The van der Waals surface area contributed by atoms with E-state index in [9.17, 15) is 4.79 Å². The zero-order chi connectivity index (χ0) is 14.4. The third kappa shape index (κ3) is 3.56. The Bertz CT molecular complexity index is 507. The summed E-state index contributed by atoms with van der Waals surface area (Å²) in [6.07, 6.45) is 1.62. The van der Waals surface area contributed by atoms with Crippen LogP contribution in [0.2, 0.25) is 0 Å². The molecule has 2 N–H and O–H groups in total. The van der Waals surface area contributed by atoms with Crippen LogP contribution in [-0.4, -0.2) is 60.0 Å². The summed E-state index contributed by atoms with van der Waals surface area (Å²) in [5.74, 6) is 5.66. The van der Waals surface area contributed by atoms with Gasteiger partial charge in [0, 0.05) is 37.9 Å². The molecule has 0 spiro atoms. The maximum absolute atomic E-state index is 12.3. The first-order chi connectivity index (χ1) is 9.74. The second-order valence-corrected chi connectivity index (χ2v) is 4.66. The maximum Gasteiger partial charge on any atom is 0.272 e. The van der Waals surface area contributed by atoms with Gasteiger partial charge in [-0.1, -0.05) is 18.8 Å². The molecule has 106 valence electrons. The van der Waals surface area contributed by atoms with E-state index < -0.39 is 0 Å². The van der Waals surface area contributed by atoms with Gasteiger partial charge in [-0.05, 0) is 18.7 Å². The van der Waals surface area contributed by atoms with Gasteiger partial charge in [-0.25, -0.2) is 4.98 Å². The molecular formula is C15H20N4O. The highest BCUT2D eigenvalue weighted by Gasteiger charge is 2.21. The zero-order valence-corrected chi connectivity index (χ0v) is 11.8. The fraction of sp³-hybridized carbons (Fsp3) is 0.467. The van der Waals surface area contributed by atoms with Crippen LogP contribution in [0.3, 0.4) is 0 Å². The lowest BCUT2D eigenvalue weighted by molar-refractivity contribution is 0.0637. The van der Waals surface area contributed by atoms with Gasteiger partial charge in [0.25, 0.3) is 5.91 Å². The normalized spacial score (nSPS) is 15.6. The highest BCUT2D eigenvalue weighted by atomic mass is 16.2. The van der Waals surface area contributed by atoms with Gasteiger partial charge >= 0.3 is 0 Å². The number of carbonyl (C=O) groups is 1. The van der Waals surface area contributed by atoms with Crippen LogP contribution in [0.4, 0.5) is 0 Å². The molecule has 1 aromatic rings. The summed E-state index contributed by atoms with van der Waals surface area (Å²) in [4.78, 5) is 20.7. The second kappa shape index (κ2) is 7.04. The number of pyridine rings is 1. The molecule has 1 aliphatic rings. The minimum Gasteiger partial charge on any atom is -0.335 e. The lowest BCUT2D eigenvalue weighted by atomic mass is 10.2. The minimum atomic E-state index is -0.000845. The molecule has 0 saturated carbocycles. The molecule has 0 bridgehead atoms. The van der Waals surface area contributed by atoms with E-state index in [4.69, 9.17) is 5.73 Å². The molecule has 20 heavy (non-hydrogen) atoms. The van der Waals surface area contributed by atoms with Crippen LogP contribution in [0.25, 0.3) is 0 Å². The van der Waals surface area contributed by atoms with Crippen molar-refractivity contribution in [1.29, 1.82) is 0 Å². The van der Waals surface area contributed by atoms with Crippen LogP contribution in [0.5, 0.6) is 0 Å². The van der Waals surface area contributed by atoms with Crippen molar-refractivity contribution in [2.45, 2.75) is 6.92 Å². The lowest BCUT2D eigenvalue weighted by Gasteiger charge is -2.33. The summed E-state index contributed by atoms with van der Waals surface area (Å²) < 4.78 is 0. The number of piperazine rings is 1. The molecule has 1 saturated heterocycles. The SMILES string of the molecule is CCN1CCN(C(=O)c2ccc(C#CCN)cn2)CC1. The molecule has 0 atom stereocenters. The molecule has 5 heteroatoms. The number of nitrogens with two attached hydrogens (primary N) is 1. The Morgan fingerprint density at radius 3 is 2.65 bits per heavy atom. The first-order valence-electron chi connectivity index (χ1n) is 6.91. The standard InChI is InChI=1S/C15H20N4O/c1-2-18-8-10-19(11-9-18)15(20)14-6-5-13(12-17-14)4-3-7-16/h5-6,12H,2,7-11,16H2,1H3. The first kappa shape index (κ1) is 14.5. The molecule has 5 nitrogen and oxygen atoms in total. The Hall–Kier alpha value is -1.90. The topological polar surface area (TPSA) is 62.5 Å². The number of likely N-dealkylation sites (N-methyl/N-ethyl adjacent to an activating group) is 1. The third-order valence-corrected chi connectivity index (χ3v) is 3.42. The summed E-state index contributed by atoms with van der Waals surface area (Å²) in [5.41, 5.74) is 6.58. The summed E-state index contributed by atoms with van der Waals surface area (Å²) >= 11 is 0. The second-order valence-electron chi connectivity index (χ2n) is 4.66. The van der Waals surface area contributed by atoms with Gasteiger partial charge in [0.05, 0.1) is 6.54 Å². The molecule has 1 aliphatic heterocycles. The maximum atomic E-state index is 12.3. The van der Waals surface area contributed by atoms with Crippen LogP contribution in [-0.2, 0) is 0 Å². The molecule has 1 amide bonds. The Labute approximate surface area is 119 Å². The number of amides is 1. The zero-order valence-electron chi connectivity index (χ0n) is 11.8.